The summed E-state index contributed by atoms with van der Waals surface area (Å²) in [5.74, 6) is -1.40. The number of amides is 4. The first-order valence-corrected chi connectivity index (χ1v) is 5.95. The summed E-state index contributed by atoms with van der Waals surface area (Å²) >= 11 is 0. The maximum Gasteiger partial charge on any atom is 0.268 e. The van der Waals surface area contributed by atoms with Gasteiger partial charge in [-0.3, -0.25) is 24.1 Å². The van der Waals surface area contributed by atoms with E-state index < -0.39 is 17.9 Å². The van der Waals surface area contributed by atoms with Crippen molar-refractivity contribution >= 4 is 29.3 Å². The molecule has 0 bridgehead atoms. The van der Waals surface area contributed by atoms with Gasteiger partial charge in [-0.25, -0.2) is 5.43 Å². The number of carbonyl (C=O) groups is 4. The van der Waals surface area contributed by atoms with Gasteiger partial charge in [0, 0.05) is 26.3 Å². The fraction of sp³-hybridized carbons (Fsp3) is 0.545. The minimum atomic E-state index is -0.712. The molecule has 0 radical (unpaired) electrons. The highest BCUT2D eigenvalue weighted by Gasteiger charge is 2.33. The van der Waals surface area contributed by atoms with Crippen molar-refractivity contribution in [3.8, 4) is 0 Å². The van der Waals surface area contributed by atoms with Crippen molar-refractivity contribution < 1.29 is 19.2 Å². The van der Waals surface area contributed by atoms with E-state index in [0.717, 1.165) is 4.90 Å². The molecule has 2 aliphatic rings. The molecule has 102 valence electrons. The van der Waals surface area contributed by atoms with E-state index in [4.69, 9.17) is 0 Å². The second kappa shape index (κ2) is 5.17. The van der Waals surface area contributed by atoms with Crippen molar-refractivity contribution in [2.24, 2.45) is 5.10 Å². The Morgan fingerprint density at radius 1 is 1.32 bits per heavy atom. The molecule has 2 heterocycles. The lowest BCUT2D eigenvalue weighted by molar-refractivity contribution is -0.149. The quantitative estimate of drug-likeness (QED) is 0.594. The van der Waals surface area contributed by atoms with Gasteiger partial charge in [0.05, 0.1) is 0 Å². The van der Waals surface area contributed by atoms with Crippen molar-refractivity contribution in [2.45, 2.75) is 31.7 Å². The van der Waals surface area contributed by atoms with Gasteiger partial charge in [-0.05, 0) is 6.42 Å². The fourth-order valence-corrected chi connectivity index (χ4v) is 1.93. The molecule has 8 nitrogen and oxygen atoms in total. The van der Waals surface area contributed by atoms with Gasteiger partial charge in [-0.2, -0.15) is 5.10 Å². The second-order valence-electron chi connectivity index (χ2n) is 4.45. The van der Waals surface area contributed by atoms with E-state index in [1.54, 1.807) is 0 Å². The van der Waals surface area contributed by atoms with Gasteiger partial charge in [-0.1, -0.05) is 0 Å². The molecule has 0 aliphatic carbocycles. The minimum absolute atomic E-state index is 0.187. The molecule has 0 aromatic rings. The van der Waals surface area contributed by atoms with Crippen LogP contribution < -0.4 is 10.7 Å². The molecule has 1 atom stereocenters. The molecule has 4 amide bonds. The Kier molecular flexibility index (Phi) is 3.59. The van der Waals surface area contributed by atoms with Crippen molar-refractivity contribution in [1.29, 1.82) is 0 Å². The molecule has 1 unspecified atom stereocenters. The SMILES string of the molecule is CN1C(=O)CCC(NC(=O)C2=NNC(=O)CC2)C1=O. The topological polar surface area (TPSA) is 108 Å². The van der Waals surface area contributed by atoms with Crippen LogP contribution >= 0.6 is 0 Å². The number of likely N-dealkylation sites (N-methyl/N-ethyl adjacent to an activating group) is 1. The third kappa shape index (κ3) is 2.78. The van der Waals surface area contributed by atoms with Gasteiger partial charge >= 0.3 is 0 Å². The van der Waals surface area contributed by atoms with Crippen LogP contribution in [0.15, 0.2) is 5.10 Å². The third-order valence-electron chi connectivity index (χ3n) is 3.12. The number of imide groups is 1. The molecule has 8 heteroatoms. The third-order valence-corrected chi connectivity index (χ3v) is 3.12. The van der Waals surface area contributed by atoms with Crippen molar-refractivity contribution in [1.82, 2.24) is 15.6 Å². The normalized spacial score (nSPS) is 23.8. The predicted molar refractivity (Wildman–Crippen MR) is 63.8 cm³/mol. The van der Waals surface area contributed by atoms with Crippen molar-refractivity contribution in [3.63, 3.8) is 0 Å². The monoisotopic (exact) mass is 266 g/mol. The molecule has 2 aliphatic heterocycles. The smallest absolute Gasteiger partial charge is 0.268 e. The average molecular weight is 266 g/mol. The summed E-state index contributed by atoms with van der Waals surface area (Å²) in [6, 6.07) is -0.712. The van der Waals surface area contributed by atoms with E-state index in [0.29, 0.717) is 0 Å². The van der Waals surface area contributed by atoms with Crippen LogP contribution in [0.3, 0.4) is 0 Å². The Morgan fingerprint density at radius 2 is 2.05 bits per heavy atom. The highest BCUT2D eigenvalue weighted by Crippen LogP contribution is 2.11. The van der Waals surface area contributed by atoms with Crippen LogP contribution in [-0.4, -0.2) is 47.3 Å². The van der Waals surface area contributed by atoms with Crippen LogP contribution in [0.25, 0.3) is 0 Å². The lowest BCUT2D eigenvalue weighted by Gasteiger charge is -2.28. The van der Waals surface area contributed by atoms with E-state index in [1.165, 1.54) is 7.05 Å². The van der Waals surface area contributed by atoms with Crippen LogP contribution in [0.1, 0.15) is 25.7 Å². The second-order valence-corrected chi connectivity index (χ2v) is 4.45. The fourth-order valence-electron chi connectivity index (χ4n) is 1.93. The number of carbonyl (C=O) groups excluding carboxylic acids is 4. The van der Waals surface area contributed by atoms with Crippen LogP contribution in [0.5, 0.6) is 0 Å². The van der Waals surface area contributed by atoms with Gasteiger partial charge < -0.3 is 5.32 Å². The Bertz CT molecular complexity index is 485. The standard InChI is InChI=1S/C11H14N4O4/c1-15-9(17)5-3-7(11(15)19)12-10(18)6-2-4-8(16)14-13-6/h7H,2-5H2,1H3,(H,12,18)(H,14,16). The zero-order chi connectivity index (χ0) is 14.0. The lowest BCUT2D eigenvalue weighted by Crippen LogP contribution is -2.54. The zero-order valence-corrected chi connectivity index (χ0v) is 10.4. The van der Waals surface area contributed by atoms with Gasteiger partial charge in [0.2, 0.25) is 11.8 Å². The summed E-state index contributed by atoms with van der Waals surface area (Å²) in [7, 11) is 1.39. The van der Waals surface area contributed by atoms with Crippen LogP contribution in [-0.2, 0) is 19.2 Å². The summed E-state index contributed by atoms with van der Waals surface area (Å²) in [4.78, 5) is 46.9. The number of hydrazone groups is 1. The van der Waals surface area contributed by atoms with Crippen LogP contribution in [0.2, 0.25) is 0 Å². The van der Waals surface area contributed by atoms with E-state index in [2.05, 4.69) is 15.8 Å². The maximum absolute atomic E-state index is 11.9. The van der Waals surface area contributed by atoms with E-state index in [9.17, 15) is 19.2 Å². The van der Waals surface area contributed by atoms with Gasteiger partial charge in [-0.15, -0.1) is 0 Å². The number of rotatable bonds is 2. The Labute approximate surface area is 109 Å². The molecular formula is C11H14N4O4. The zero-order valence-electron chi connectivity index (χ0n) is 10.4. The summed E-state index contributed by atoms with van der Waals surface area (Å²) in [6.45, 7) is 0. The summed E-state index contributed by atoms with van der Waals surface area (Å²) in [5, 5.41) is 6.19. The molecule has 1 saturated heterocycles. The predicted octanol–water partition coefficient (Wildman–Crippen LogP) is -1.48. The Hall–Kier alpha value is -2.25. The van der Waals surface area contributed by atoms with Gasteiger partial charge in [0.25, 0.3) is 11.8 Å². The molecule has 1 fully saturated rings. The van der Waals surface area contributed by atoms with Gasteiger partial charge in [0.1, 0.15) is 11.8 Å². The molecule has 19 heavy (non-hydrogen) atoms. The average Bonchev–Trinajstić information content (AvgIpc) is 2.40. The number of likely N-dealkylation sites (tertiary alicyclic amines) is 1. The molecule has 0 aromatic carbocycles. The minimum Gasteiger partial charge on any atom is -0.339 e. The van der Waals surface area contributed by atoms with Crippen molar-refractivity contribution in [2.75, 3.05) is 7.05 Å². The number of piperidine rings is 1. The highest BCUT2D eigenvalue weighted by molar-refractivity contribution is 6.40. The summed E-state index contributed by atoms with van der Waals surface area (Å²) in [6.07, 6.45) is 0.945. The number of hydrogen-bond donors (Lipinski definition) is 2. The molecule has 2 rings (SSSR count). The summed E-state index contributed by atoms with van der Waals surface area (Å²) < 4.78 is 0. The van der Waals surface area contributed by atoms with Crippen LogP contribution in [0, 0.1) is 0 Å². The highest BCUT2D eigenvalue weighted by atomic mass is 16.2. The largest absolute Gasteiger partial charge is 0.339 e. The Balaban J connectivity index is 1.98. The Morgan fingerprint density at radius 3 is 2.68 bits per heavy atom. The maximum atomic E-state index is 11.9. The lowest BCUT2D eigenvalue weighted by atomic mass is 10.0. The molecule has 0 saturated carbocycles. The first-order chi connectivity index (χ1) is 8.99. The first kappa shape index (κ1) is 13.2. The number of nitrogens with one attached hydrogen (secondary N) is 2. The first-order valence-electron chi connectivity index (χ1n) is 5.95. The van der Waals surface area contributed by atoms with Crippen LogP contribution in [0.4, 0.5) is 0 Å². The van der Waals surface area contributed by atoms with E-state index in [1.807, 2.05) is 0 Å². The molecule has 0 aromatic heterocycles. The number of nitrogens with zero attached hydrogens (tertiary/aromatic N) is 2. The van der Waals surface area contributed by atoms with Gasteiger partial charge in [0.15, 0.2) is 0 Å². The molecule has 0 spiro atoms. The molecule has 2 N–H and O–H groups in total. The molecular weight excluding hydrogens is 252 g/mol. The number of hydrogen-bond acceptors (Lipinski definition) is 5. The van der Waals surface area contributed by atoms with E-state index in [-0.39, 0.29) is 43.2 Å². The van der Waals surface area contributed by atoms with E-state index >= 15 is 0 Å². The van der Waals surface area contributed by atoms with Crippen molar-refractivity contribution in [3.05, 3.63) is 0 Å². The summed E-state index contributed by atoms with van der Waals surface area (Å²) in [5.41, 5.74) is 2.40.